The molecule has 5 nitrogen and oxygen atoms in total. The number of nitrogens with one attached hydrogen (secondary N) is 1. The molecule has 1 N–H and O–H groups in total. The summed E-state index contributed by atoms with van der Waals surface area (Å²) in [6.07, 6.45) is 0. The third-order valence-corrected chi connectivity index (χ3v) is 6.52. The molecule has 2 heterocycles. The van der Waals surface area contributed by atoms with Crippen LogP contribution in [0.2, 0.25) is 5.02 Å². The van der Waals surface area contributed by atoms with Gasteiger partial charge in [-0.25, -0.2) is 0 Å². The molecule has 8 heteroatoms. The first-order valence-electron chi connectivity index (χ1n) is 7.80. The highest BCUT2D eigenvalue weighted by atomic mass is 35.5. The zero-order valence-electron chi connectivity index (χ0n) is 13.6. The van der Waals surface area contributed by atoms with Crippen molar-refractivity contribution in [3.63, 3.8) is 0 Å². The summed E-state index contributed by atoms with van der Waals surface area (Å²) in [5.41, 5.74) is 0.755. The van der Waals surface area contributed by atoms with Crippen LogP contribution in [-0.4, -0.2) is 28.6 Å². The van der Waals surface area contributed by atoms with Crippen LogP contribution in [0.5, 0.6) is 11.5 Å². The summed E-state index contributed by atoms with van der Waals surface area (Å²) in [7, 11) is -1.37. The molecule has 134 valence electrons. The van der Waals surface area contributed by atoms with Crippen molar-refractivity contribution in [3.05, 3.63) is 45.1 Å². The largest absolute Gasteiger partial charge is 0.486 e. The van der Waals surface area contributed by atoms with E-state index >= 15 is 0 Å². The van der Waals surface area contributed by atoms with E-state index in [1.54, 1.807) is 30.4 Å². The minimum absolute atomic E-state index is 0.226. The summed E-state index contributed by atoms with van der Waals surface area (Å²) >= 11 is 7.77. The van der Waals surface area contributed by atoms with Gasteiger partial charge >= 0.3 is 0 Å². The minimum Gasteiger partial charge on any atom is -0.486 e. The third-order valence-electron chi connectivity index (χ3n) is 3.75. The zero-order valence-corrected chi connectivity index (χ0v) is 16.0. The highest BCUT2D eigenvalue weighted by Crippen LogP contribution is 2.38. The number of hydrogen-bond acceptors (Lipinski definition) is 5. The van der Waals surface area contributed by atoms with Crippen molar-refractivity contribution in [1.29, 1.82) is 0 Å². The number of amides is 1. The highest BCUT2D eigenvalue weighted by Gasteiger charge is 2.22. The number of carbonyl (C=O) groups excluding carboxylic acids is 1. The van der Waals surface area contributed by atoms with Crippen LogP contribution < -0.4 is 14.8 Å². The smallest absolute Gasteiger partial charge is 0.235 e. The number of ether oxygens (including phenoxy) is 2. The molecule has 0 radical (unpaired) electrons. The molecule has 2 atom stereocenters. The molecule has 2 unspecified atom stereocenters. The topological polar surface area (TPSA) is 64.6 Å². The van der Waals surface area contributed by atoms with Crippen LogP contribution >= 0.6 is 22.9 Å². The number of benzene rings is 1. The van der Waals surface area contributed by atoms with Crippen LogP contribution in [0, 0.1) is 0 Å². The van der Waals surface area contributed by atoms with E-state index in [4.69, 9.17) is 21.1 Å². The minimum atomic E-state index is -1.37. The van der Waals surface area contributed by atoms with Gasteiger partial charge in [-0.3, -0.25) is 9.00 Å². The van der Waals surface area contributed by atoms with Crippen molar-refractivity contribution in [3.8, 4) is 11.5 Å². The molecule has 3 rings (SSSR count). The van der Waals surface area contributed by atoms with Gasteiger partial charge in [-0.2, -0.15) is 0 Å². The predicted octanol–water partition coefficient (Wildman–Crippen LogP) is 3.13. The molecule has 1 aromatic heterocycles. The quantitative estimate of drug-likeness (QED) is 0.810. The molecule has 0 bridgehead atoms. The number of thiophene rings is 1. The highest BCUT2D eigenvalue weighted by molar-refractivity contribution is 7.85. The fourth-order valence-electron chi connectivity index (χ4n) is 2.39. The average Bonchev–Trinajstić information content (AvgIpc) is 3.12. The lowest BCUT2D eigenvalue weighted by atomic mass is 10.2. The van der Waals surface area contributed by atoms with Crippen LogP contribution in [0.25, 0.3) is 0 Å². The summed E-state index contributed by atoms with van der Waals surface area (Å²) in [6, 6.07) is 7.36. The fourth-order valence-corrected chi connectivity index (χ4v) is 4.39. The Morgan fingerprint density at radius 2 is 2.20 bits per heavy atom. The number of carbonyl (C=O) groups is 1. The first-order valence-corrected chi connectivity index (χ1v) is 10.4. The maximum Gasteiger partial charge on any atom is 0.235 e. The average molecular weight is 400 g/mol. The second-order valence-electron chi connectivity index (χ2n) is 5.57. The second kappa shape index (κ2) is 8.21. The number of halogens is 1. The van der Waals surface area contributed by atoms with E-state index in [1.165, 1.54) is 0 Å². The maximum absolute atomic E-state index is 12.5. The van der Waals surface area contributed by atoms with Crippen LogP contribution in [-0.2, 0) is 27.9 Å². The van der Waals surface area contributed by atoms with Crippen molar-refractivity contribution in [1.82, 2.24) is 5.32 Å². The lowest BCUT2D eigenvalue weighted by molar-refractivity contribution is -0.120. The molecule has 0 saturated carbocycles. The molecular weight excluding hydrogens is 382 g/mol. The molecule has 0 aliphatic carbocycles. The van der Waals surface area contributed by atoms with Gasteiger partial charge in [0.2, 0.25) is 5.91 Å². The van der Waals surface area contributed by atoms with Crippen molar-refractivity contribution in [2.24, 2.45) is 0 Å². The number of hydrogen-bond donors (Lipinski definition) is 1. The van der Waals surface area contributed by atoms with Crippen molar-refractivity contribution in [2.45, 2.75) is 24.5 Å². The SMILES string of the molecule is CC(C(=O)NCc1cccs1)S(=O)Cc1cc(Cl)c2c(c1)OCCO2. The van der Waals surface area contributed by atoms with E-state index in [2.05, 4.69) is 5.32 Å². The lowest BCUT2D eigenvalue weighted by Crippen LogP contribution is -2.35. The Kier molecular flexibility index (Phi) is 5.98. The van der Waals surface area contributed by atoms with E-state index in [1.807, 2.05) is 17.5 Å². The van der Waals surface area contributed by atoms with Gasteiger partial charge in [0.25, 0.3) is 0 Å². The molecule has 2 aromatic rings. The lowest BCUT2D eigenvalue weighted by Gasteiger charge is -2.20. The zero-order chi connectivity index (χ0) is 17.8. The van der Waals surface area contributed by atoms with Crippen LogP contribution in [0.3, 0.4) is 0 Å². The molecule has 1 aliphatic rings. The molecule has 0 spiro atoms. The molecule has 1 aromatic carbocycles. The Bertz CT molecular complexity index is 779. The van der Waals surface area contributed by atoms with Gasteiger partial charge in [0, 0.05) is 21.4 Å². The molecular formula is C17H18ClNO4S2. The molecule has 1 aliphatic heterocycles. The van der Waals surface area contributed by atoms with Gasteiger partial charge in [-0.1, -0.05) is 17.7 Å². The van der Waals surface area contributed by atoms with Gasteiger partial charge < -0.3 is 14.8 Å². The van der Waals surface area contributed by atoms with Gasteiger partial charge in [0.05, 0.1) is 11.6 Å². The Balaban J connectivity index is 1.61. The summed E-state index contributed by atoms with van der Waals surface area (Å²) in [5, 5.41) is 4.58. The van der Waals surface area contributed by atoms with Gasteiger partial charge in [-0.15, -0.1) is 11.3 Å². The third kappa shape index (κ3) is 4.54. The Hall–Kier alpha value is -1.57. The molecule has 0 fully saturated rings. The maximum atomic E-state index is 12.5. The van der Waals surface area contributed by atoms with Crippen LogP contribution in [0.15, 0.2) is 29.6 Å². The van der Waals surface area contributed by atoms with Gasteiger partial charge in [0.1, 0.15) is 18.5 Å². The predicted molar refractivity (Wildman–Crippen MR) is 99.9 cm³/mol. The van der Waals surface area contributed by atoms with Crippen molar-refractivity contribution >= 4 is 39.6 Å². The summed E-state index contributed by atoms with van der Waals surface area (Å²) in [4.78, 5) is 13.3. The van der Waals surface area contributed by atoms with Gasteiger partial charge in [0.15, 0.2) is 11.5 Å². The first-order chi connectivity index (χ1) is 12.0. The molecule has 1 amide bonds. The Labute approximate surface area is 157 Å². The molecule has 0 saturated heterocycles. The van der Waals surface area contributed by atoms with Crippen molar-refractivity contribution < 1.29 is 18.5 Å². The monoisotopic (exact) mass is 399 g/mol. The standard InChI is InChI=1S/C17H18ClNO4S2/c1-11(17(20)19-9-13-3-2-6-24-13)25(21)10-12-7-14(18)16-15(8-12)22-4-5-23-16/h2-3,6-8,11H,4-5,9-10H2,1H3,(H,19,20). The van der Waals surface area contributed by atoms with Gasteiger partial charge in [-0.05, 0) is 36.1 Å². The molecule has 25 heavy (non-hydrogen) atoms. The number of fused-ring (bicyclic) bond motifs is 1. The Morgan fingerprint density at radius 1 is 1.40 bits per heavy atom. The van der Waals surface area contributed by atoms with E-state index < -0.39 is 16.0 Å². The van der Waals surface area contributed by atoms with E-state index in [0.717, 1.165) is 10.4 Å². The van der Waals surface area contributed by atoms with E-state index in [-0.39, 0.29) is 11.7 Å². The number of rotatable bonds is 6. The van der Waals surface area contributed by atoms with E-state index in [9.17, 15) is 9.00 Å². The fraction of sp³-hybridized carbons (Fsp3) is 0.353. The second-order valence-corrected chi connectivity index (χ2v) is 8.76. The van der Waals surface area contributed by atoms with Crippen molar-refractivity contribution in [2.75, 3.05) is 13.2 Å². The first kappa shape index (κ1) is 18.2. The Morgan fingerprint density at radius 3 is 2.96 bits per heavy atom. The summed E-state index contributed by atoms with van der Waals surface area (Å²) in [5.74, 6) is 1.07. The summed E-state index contributed by atoms with van der Waals surface area (Å²) in [6.45, 7) is 3.03. The normalized spacial score (nSPS) is 15.4. The van der Waals surface area contributed by atoms with E-state index in [0.29, 0.717) is 36.3 Å². The van der Waals surface area contributed by atoms with Crippen LogP contribution in [0.1, 0.15) is 17.4 Å². The summed E-state index contributed by atoms with van der Waals surface area (Å²) < 4.78 is 23.5. The van der Waals surface area contributed by atoms with Crippen LogP contribution in [0.4, 0.5) is 0 Å².